The summed E-state index contributed by atoms with van der Waals surface area (Å²) in [6.07, 6.45) is 0.0189. The summed E-state index contributed by atoms with van der Waals surface area (Å²) >= 11 is 5.25. The summed E-state index contributed by atoms with van der Waals surface area (Å²) < 4.78 is 25.6. The van der Waals surface area contributed by atoms with Crippen molar-refractivity contribution in [2.24, 2.45) is 0 Å². The molecule has 0 radical (unpaired) electrons. The number of carbonyl (C=O) groups excluding carboxylic acids is 1. The molecule has 0 aliphatic heterocycles. The fourth-order valence-electron chi connectivity index (χ4n) is 0.998. The zero-order valence-electron chi connectivity index (χ0n) is 6.90. The first-order valence-electron chi connectivity index (χ1n) is 3.63. The van der Waals surface area contributed by atoms with E-state index in [1.807, 2.05) is 0 Å². The predicted octanol–water partition coefficient (Wildman–Crippen LogP) is 2.75. The first-order valence-corrected chi connectivity index (χ1v) is 4.01. The molecule has 13 heavy (non-hydrogen) atoms. The van der Waals surface area contributed by atoms with Crippen molar-refractivity contribution in [2.45, 2.75) is 13.3 Å². The van der Waals surface area contributed by atoms with Crippen molar-refractivity contribution >= 4 is 17.4 Å². The molecular weight excluding hydrogens is 198 g/mol. The number of carbonyl (C=O) groups is 1. The summed E-state index contributed by atoms with van der Waals surface area (Å²) in [5.41, 5.74) is 0.298. The standard InChI is InChI=1S/C9H7ClF2O/c1-5(13)2-6-3-7(11)9(10)8(12)4-6/h3-4H,2H2,1H3. The maximum absolute atomic E-state index is 12.8. The van der Waals surface area contributed by atoms with Crippen LogP contribution in [0.1, 0.15) is 12.5 Å². The molecule has 4 heteroatoms. The number of ketones is 1. The quantitative estimate of drug-likeness (QED) is 0.677. The van der Waals surface area contributed by atoms with Gasteiger partial charge in [0.25, 0.3) is 0 Å². The molecule has 0 aliphatic carbocycles. The molecule has 0 saturated carbocycles. The minimum absolute atomic E-state index is 0.0189. The highest BCUT2D eigenvalue weighted by Crippen LogP contribution is 2.20. The number of Topliss-reactive ketones (excluding diaryl/α,β-unsaturated/α-hetero) is 1. The van der Waals surface area contributed by atoms with Gasteiger partial charge in [-0.3, -0.25) is 4.79 Å². The van der Waals surface area contributed by atoms with Gasteiger partial charge in [-0.15, -0.1) is 0 Å². The smallest absolute Gasteiger partial charge is 0.145 e. The number of benzene rings is 1. The SMILES string of the molecule is CC(=O)Cc1cc(F)c(Cl)c(F)c1. The first-order chi connectivity index (χ1) is 6.00. The van der Waals surface area contributed by atoms with E-state index in [4.69, 9.17) is 11.6 Å². The molecule has 1 nitrogen and oxygen atoms in total. The Morgan fingerprint density at radius 3 is 2.23 bits per heavy atom. The lowest BCUT2D eigenvalue weighted by Crippen LogP contribution is -1.98. The summed E-state index contributed by atoms with van der Waals surface area (Å²) in [6, 6.07) is 2.12. The Hall–Kier alpha value is -0.960. The predicted molar refractivity (Wildman–Crippen MR) is 45.8 cm³/mol. The molecule has 1 aromatic carbocycles. The van der Waals surface area contributed by atoms with Gasteiger partial charge in [0.2, 0.25) is 0 Å². The van der Waals surface area contributed by atoms with Crippen LogP contribution in [0.4, 0.5) is 8.78 Å². The van der Waals surface area contributed by atoms with Gasteiger partial charge in [0.1, 0.15) is 22.4 Å². The molecule has 0 spiro atoms. The lowest BCUT2D eigenvalue weighted by atomic mass is 10.1. The highest BCUT2D eigenvalue weighted by atomic mass is 35.5. The third-order valence-corrected chi connectivity index (χ3v) is 1.86. The van der Waals surface area contributed by atoms with Crippen LogP contribution < -0.4 is 0 Å². The molecule has 0 fully saturated rings. The summed E-state index contributed by atoms with van der Waals surface area (Å²) in [5.74, 6) is -1.82. The zero-order chi connectivity index (χ0) is 10.0. The van der Waals surface area contributed by atoms with Crippen molar-refractivity contribution < 1.29 is 13.6 Å². The number of hydrogen-bond donors (Lipinski definition) is 0. The van der Waals surface area contributed by atoms with E-state index in [0.717, 1.165) is 12.1 Å². The van der Waals surface area contributed by atoms with Crippen molar-refractivity contribution in [2.75, 3.05) is 0 Å². The van der Waals surface area contributed by atoms with Crippen molar-refractivity contribution in [3.05, 3.63) is 34.4 Å². The summed E-state index contributed by atoms with van der Waals surface area (Å²) in [6.45, 7) is 1.35. The Labute approximate surface area is 79.3 Å². The summed E-state index contributed by atoms with van der Waals surface area (Å²) in [7, 11) is 0. The first kappa shape index (κ1) is 10.1. The minimum atomic E-state index is -0.835. The maximum atomic E-state index is 12.8. The van der Waals surface area contributed by atoms with Crippen LogP contribution in [0, 0.1) is 11.6 Å². The molecule has 1 aromatic rings. The van der Waals surface area contributed by atoms with Crippen LogP contribution in [0.5, 0.6) is 0 Å². The molecule has 0 aromatic heterocycles. The summed E-state index contributed by atoms with van der Waals surface area (Å²) in [5, 5.41) is -0.535. The zero-order valence-corrected chi connectivity index (χ0v) is 7.66. The maximum Gasteiger partial charge on any atom is 0.145 e. The van der Waals surface area contributed by atoms with Crippen molar-refractivity contribution in [3.63, 3.8) is 0 Å². The molecule has 0 unspecified atom stereocenters. The largest absolute Gasteiger partial charge is 0.300 e. The van der Waals surface area contributed by atoms with Gasteiger partial charge < -0.3 is 0 Å². The van der Waals surface area contributed by atoms with Gasteiger partial charge in [-0.2, -0.15) is 0 Å². The average molecular weight is 205 g/mol. The van der Waals surface area contributed by atoms with E-state index >= 15 is 0 Å². The molecule has 0 heterocycles. The highest BCUT2D eigenvalue weighted by Gasteiger charge is 2.09. The Bertz CT molecular complexity index is 326. The van der Waals surface area contributed by atoms with E-state index < -0.39 is 16.7 Å². The van der Waals surface area contributed by atoms with E-state index in [1.165, 1.54) is 6.92 Å². The second-order valence-corrected chi connectivity index (χ2v) is 3.13. The van der Waals surface area contributed by atoms with Crippen LogP contribution in [-0.4, -0.2) is 5.78 Å². The molecule has 0 N–H and O–H groups in total. The fraction of sp³-hybridized carbons (Fsp3) is 0.222. The van der Waals surface area contributed by atoms with E-state index in [1.54, 1.807) is 0 Å². The normalized spacial score (nSPS) is 10.2. The Morgan fingerprint density at radius 1 is 1.38 bits per heavy atom. The summed E-state index contributed by atoms with van der Waals surface area (Å²) in [4.78, 5) is 10.6. The van der Waals surface area contributed by atoms with E-state index in [2.05, 4.69) is 0 Å². The molecule has 0 aliphatic rings. The highest BCUT2D eigenvalue weighted by molar-refractivity contribution is 6.30. The van der Waals surface area contributed by atoms with E-state index in [9.17, 15) is 13.6 Å². The van der Waals surface area contributed by atoms with Crippen LogP contribution in [-0.2, 0) is 11.2 Å². The van der Waals surface area contributed by atoms with Crippen LogP contribution in [0.3, 0.4) is 0 Å². The van der Waals surface area contributed by atoms with Gasteiger partial charge in [0, 0.05) is 6.42 Å². The lowest BCUT2D eigenvalue weighted by molar-refractivity contribution is -0.116. The molecule has 0 bridgehead atoms. The van der Waals surface area contributed by atoms with Crippen LogP contribution in [0.25, 0.3) is 0 Å². The van der Waals surface area contributed by atoms with Crippen LogP contribution in [0.15, 0.2) is 12.1 Å². The van der Waals surface area contributed by atoms with Crippen LogP contribution in [0.2, 0.25) is 5.02 Å². The molecule has 0 amide bonds. The third-order valence-electron chi connectivity index (χ3n) is 1.50. The number of halogens is 3. The Balaban J connectivity index is 3.06. The van der Waals surface area contributed by atoms with Gasteiger partial charge in [-0.25, -0.2) is 8.78 Å². The van der Waals surface area contributed by atoms with Gasteiger partial charge in [-0.05, 0) is 24.6 Å². The second kappa shape index (κ2) is 3.83. The Morgan fingerprint density at radius 2 is 1.85 bits per heavy atom. The van der Waals surface area contributed by atoms with Crippen molar-refractivity contribution in [1.82, 2.24) is 0 Å². The second-order valence-electron chi connectivity index (χ2n) is 2.75. The minimum Gasteiger partial charge on any atom is -0.300 e. The van der Waals surface area contributed by atoms with E-state index in [-0.39, 0.29) is 12.2 Å². The van der Waals surface area contributed by atoms with Gasteiger partial charge in [0.15, 0.2) is 0 Å². The molecule has 70 valence electrons. The van der Waals surface area contributed by atoms with Crippen molar-refractivity contribution in [3.8, 4) is 0 Å². The third kappa shape index (κ3) is 2.49. The number of hydrogen-bond acceptors (Lipinski definition) is 1. The molecule has 0 saturated heterocycles. The van der Waals surface area contributed by atoms with Gasteiger partial charge in [-0.1, -0.05) is 11.6 Å². The van der Waals surface area contributed by atoms with Crippen LogP contribution >= 0.6 is 11.6 Å². The fourth-order valence-corrected chi connectivity index (χ4v) is 1.11. The number of rotatable bonds is 2. The van der Waals surface area contributed by atoms with Gasteiger partial charge in [0.05, 0.1) is 0 Å². The average Bonchev–Trinajstić information content (AvgIpc) is 1.98. The van der Waals surface area contributed by atoms with Gasteiger partial charge >= 0.3 is 0 Å². The lowest BCUT2D eigenvalue weighted by Gasteiger charge is -2.01. The Kier molecular flexibility index (Phi) is 2.98. The van der Waals surface area contributed by atoms with E-state index in [0.29, 0.717) is 5.56 Å². The topological polar surface area (TPSA) is 17.1 Å². The molecular formula is C9H7ClF2O. The molecule has 1 rings (SSSR count). The van der Waals surface area contributed by atoms with Crippen molar-refractivity contribution in [1.29, 1.82) is 0 Å². The molecule has 0 atom stereocenters. The monoisotopic (exact) mass is 204 g/mol.